The summed E-state index contributed by atoms with van der Waals surface area (Å²) in [6, 6.07) is 1.25. The minimum Gasteiger partial charge on any atom is -0.394 e. The van der Waals surface area contributed by atoms with Crippen molar-refractivity contribution in [2.24, 2.45) is 0 Å². The van der Waals surface area contributed by atoms with E-state index in [9.17, 15) is 62.2 Å². The van der Waals surface area contributed by atoms with E-state index < -0.39 is 161 Å². The number of nitrogens with zero attached hydrogens (tertiary/aromatic N) is 11. The molecule has 0 radical (unpaired) electrons. The normalized spacial score (nSPS) is 29.1. The number of aromatic amines is 1. The Balaban J connectivity index is 0.835. The lowest BCUT2D eigenvalue weighted by Gasteiger charge is -2.25. The van der Waals surface area contributed by atoms with Gasteiger partial charge in [0, 0.05) is 43.6 Å². The van der Waals surface area contributed by atoms with Gasteiger partial charge in [0.25, 0.3) is 5.56 Å². The van der Waals surface area contributed by atoms with Crippen LogP contribution >= 0.6 is 31.3 Å². The van der Waals surface area contributed by atoms with Gasteiger partial charge in [-0.2, -0.15) is 4.98 Å². The Morgan fingerprint density at radius 2 is 1.01 bits per heavy atom. The quantitative estimate of drug-likeness (QED) is 0.0352. The Labute approximate surface area is 457 Å². The summed E-state index contributed by atoms with van der Waals surface area (Å²) in [5.41, 5.74) is 15.8. The highest BCUT2D eigenvalue weighted by atomic mass is 31.2. The number of aryl methyl sites for hydroxylation is 1. The Hall–Kier alpha value is -5.70. The highest BCUT2D eigenvalue weighted by molar-refractivity contribution is 7.48. The number of aliphatic hydroxyl groups is 1. The predicted octanol–water partition coefficient (Wildman–Crippen LogP) is -1.34. The molecule has 0 spiro atoms. The molecule has 4 aliphatic heterocycles. The van der Waals surface area contributed by atoms with Gasteiger partial charge >= 0.3 is 42.7 Å². The van der Waals surface area contributed by atoms with E-state index in [4.69, 9.17) is 67.8 Å². The number of rotatable bonds is 22. The number of nitrogen functional groups attached to an aromatic ring is 3. The summed E-state index contributed by atoms with van der Waals surface area (Å²) < 4.78 is 119. The summed E-state index contributed by atoms with van der Waals surface area (Å²) >= 11 is 0. The first kappa shape index (κ1) is 59.5. The van der Waals surface area contributed by atoms with Crippen molar-refractivity contribution in [3.8, 4) is 0 Å². The average Bonchev–Trinajstić information content (AvgIpc) is 3.90. The maximum Gasteiger partial charge on any atom is 0.472 e. The minimum atomic E-state index is -5.40. The van der Waals surface area contributed by atoms with Crippen molar-refractivity contribution in [2.75, 3.05) is 43.6 Å². The molecular formula is C39H51N15O24P4. The number of nitrogens with one attached hydrogen (secondary N) is 1. The number of anilines is 3. The van der Waals surface area contributed by atoms with Crippen molar-refractivity contribution in [1.29, 1.82) is 0 Å². The van der Waals surface area contributed by atoms with Crippen LogP contribution in [-0.4, -0.2) is 163 Å². The number of phosphoric acid groups is 4. The molecular weight excluding hydrogens is 1190 g/mol. The number of aromatic nitrogens is 12. The third-order valence-electron chi connectivity index (χ3n) is 13.2. The lowest BCUT2D eigenvalue weighted by molar-refractivity contribution is -0.0629. The van der Waals surface area contributed by atoms with Crippen LogP contribution in [0.15, 0.2) is 58.2 Å². The van der Waals surface area contributed by atoms with Crippen molar-refractivity contribution >= 4 is 71.1 Å². The molecule has 446 valence electrons. The number of ether oxygens (including phenoxy) is 4. The molecule has 82 heavy (non-hydrogen) atoms. The van der Waals surface area contributed by atoms with Gasteiger partial charge in [0.05, 0.1) is 39.1 Å². The molecule has 10 heterocycles. The predicted molar refractivity (Wildman–Crippen MR) is 269 cm³/mol. The fourth-order valence-electron chi connectivity index (χ4n) is 9.43. The summed E-state index contributed by atoms with van der Waals surface area (Å²) in [5.74, 6) is -0.109. The molecule has 15 atom stereocenters. The van der Waals surface area contributed by atoms with E-state index in [-0.39, 0.29) is 58.2 Å². The minimum absolute atomic E-state index is 0.0250. The number of H-pyrrole nitrogens is 1. The molecule has 3 unspecified atom stereocenters. The van der Waals surface area contributed by atoms with Gasteiger partial charge in [-0.05, 0) is 13.0 Å². The van der Waals surface area contributed by atoms with E-state index in [1.165, 1.54) is 47.3 Å². The molecule has 0 amide bonds. The van der Waals surface area contributed by atoms with Crippen LogP contribution in [0.25, 0.3) is 22.3 Å². The van der Waals surface area contributed by atoms with Gasteiger partial charge in [-0.3, -0.25) is 59.7 Å². The molecule has 0 aliphatic carbocycles. The lowest BCUT2D eigenvalue weighted by atomic mass is 10.2. The Kier molecular flexibility index (Phi) is 17.0. The second kappa shape index (κ2) is 23.4. The maximum atomic E-state index is 14.0. The van der Waals surface area contributed by atoms with Crippen LogP contribution in [0, 0.1) is 6.92 Å². The van der Waals surface area contributed by atoms with Gasteiger partial charge in [0.15, 0.2) is 22.9 Å². The molecule has 39 nitrogen and oxygen atoms in total. The monoisotopic (exact) mass is 1240 g/mol. The van der Waals surface area contributed by atoms with Crippen LogP contribution in [0.5, 0.6) is 0 Å². The summed E-state index contributed by atoms with van der Waals surface area (Å²) in [5, 5.41) is 10.1. The van der Waals surface area contributed by atoms with E-state index in [2.05, 4.69) is 39.9 Å². The number of hydrogen-bond acceptors (Lipinski definition) is 29. The molecule has 0 aromatic carbocycles. The molecule has 43 heteroatoms. The number of fused-ring (bicyclic) bond motifs is 2. The largest absolute Gasteiger partial charge is 0.472 e. The molecule has 6 aromatic heterocycles. The summed E-state index contributed by atoms with van der Waals surface area (Å²) in [6.45, 7) is -2.15. The Morgan fingerprint density at radius 3 is 1.45 bits per heavy atom. The van der Waals surface area contributed by atoms with E-state index in [0.29, 0.717) is 0 Å². The summed E-state index contributed by atoms with van der Waals surface area (Å²) in [4.78, 5) is 121. The number of nitrogens with two attached hydrogens (primary N) is 3. The summed E-state index contributed by atoms with van der Waals surface area (Å²) in [7, 11) is -21.2. The third-order valence-corrected chi connectivity index (χ3v) is 16.8. The first-order valence-electron chi connectivity index (χ1n) is 24.2. The number of phosphoric ester groups is 4. The molecule has 10 rings (SSSR count). The van der Waals surface area contributed by atoms with Crippen LogP contribution in [0.4, 0.5) is 17.5 Å². The van der Waals surface area contributed by atoms with E-state index in [1.807, 2.05) is 0 Å². The molecule has 4 saturated heterocycles. The third kappa shape index (κ3) is 13.3. The number of hydrogen-bond donors (Lipinski definition) is 10. The Bertz CT molecular complexity index is 3730. The SMILES string of the molecule is Cc1cn([C@H]2C[C@H](OP(=O)(O)O)[C@@H](COP(=O)(O)O[C@H]3C[C@H](n4cnc5c(N)ncnc54)O[C@@H]3COP(=O)(O)O[C@H]3C[C@H](n4ccc(N)nc4=O)O[C@@H]3COP(=O)(O)O[C@H]3C[C@H](n4cnc5c(N)ncnc54)O[C@@H]3CO)O2)c(=O)[nH]c1=O. The lowest BCUT2D eigenvalue weighted by Crippen LogP contribution is -2.33. The van der Waals surface area contributed by atoms with Gasteiger partial charge < -0.3 is 65.7 Å². The molecule has 0 saturated carbocycles. The van der Waals surface area contributed by atoms with Crippen molar-refractivity contribution in [3.63, 3.8) is 0 Å². The Morgan fingerprint density at radius 1 is 0.598 bits per heavy atom. The van der Waals surface area contributed by atoms with Crippen LogP contribution in [-0.2, 0) is 68.9 Å². The van der Waals surface area contributed by atoms with E-state index >= 15 is 0 Å². The smallest absolute Gasteiger partial charge is 0.394 e. The first-order valence-corrected chi connectivity index (χ1v) is 30.2. The zero-order valence-electron chi connectivity index (χ0n) is 42.1. The second-order valence-electron chi connectivity index (χ2n) is 18.7. The van der Waals surface area contributed by atoms with Gasteiger partial charge in [-0.25, -0.2) is 57.8 Å². The first-order chi connectivity index (χ1) is 38.7. The highest BCUT2D eigenvalue weighted by Gasteiger charge is 2.49. The van der Waals surface area contributed by atoms with Crippen molar-refractivity contribution in [1.82, 2.24) is 58.1 Å². The second-order valence-corrected chi connectivity index (χ2v) is 24.1. The van der Waals surface area contributed by atoms with Gasteiger partial charge in [0.1, 0.15) is 103 Å². The van der Waals surface area contributed by atoms with E-state index in [1.54, 1.807) is 0 Å². The average molecular weight is 1240 g/mol. The number of aliphatic hydroxyl groups excluding tert-OH is 1. The fourth-order valence-corrected chi connectivity index (χ4v) is 12.9. The molecule has 0 bridgehead atoms. The van der Waals surface area contributed by atoms with Crippen LogP contribution in [0.2, 0.25) is 0 Å². The van der Waals surface area contributed by atoms with Gasteiger partial charge in [0.2, 0.25) is 0 Å². The number of imidazole rings is 2. The fraction of sp³-hybridized carbons (Fsp3) is 0.538. The molecule has 4 fully saturated rings. The van der Waals surface area contributed by atoms with Crippen molar-refractivity contribution < 1.29 is 98.4 Å². The highest BCUT2D eigenvalue weighted by Crippen LogP contribution is 2.54. The van der Waals surface area contributed by atoms with Gasteiger partial charge in [-0.1, -0.05) is 0 Å². The standard InChI is InChI=1S/C39H51N15O24P4/c1-17-8-52(39(58)50-37(17)56)28-5-19(75-79(59,60)61)23(73-28)10-68-81(64,65)78-21-7-30(54-16-48-32-34(42)44-14-46-36(32)54)74-25(21)12-70-82(66,67)77-20-6-27(51-3-2-26(40)49-38(51)57)72-24(20)11-69-80(62,63)76-18-4-29(71-22(18)9-55)53-15-47-31-33(41)43-13-45-35(31)53/h2-3,8,13-16,18-25,27-30,55H,4-7,9-12H2,1H3,(H,62,63)(H,64,65)(H,66,67)(H2,40,49,57)(H2,41,43,45)(H2,42,44,46)(H,50,56,58)(H2,59,60,61)/t18-,19-,20-,21-,22+,23+,24+,25+,27+,28+,29+,30+/m0/s1. The van der Waals surface area contributed by atoms with Crippen LogP contribution < -0.4 is 34.1 Å². The molecule has 6 aromatic rings. The van der Waals surface area contributed by atoms with Crippen molar-refractivity contribution in [2.45, 2.75) is 106 Å². The zero-order chi connectivity index (χ0) is 58.6. The van der Waals surface area contributed by atoms with Gasteiger partial charge in [-0.15, -0.1) is 0 Å². The van der Waals surface area contributed by atoms with Crippen LogP contribution in [0.1, 0.15) is 56.2 Å². The van der Waals surface area contributed by atoms with E-state index in [0.717, 1.165) is 21.7 Å². The molecule has 4 aliphatic rings. The topological polar surface area (TPSA) is 546 Å². The molecule has 13 N–H and O–H groups in total. The summed E-state index contributed by atoms with van der Waals surface area (Å²) in [6.07, 6.45) is -10.9. The zero-order valence-corrected chi connectivity index (χ0v) is 45.7. The van der Waals surface area contributed by atoms with Crippen molar-refractivity contribution in [3.05, 3.63) is 80.7 Å². The maximum absolute atomic E-state index is 14.0. The van der Waals surface area contributed by atoms with Crippen LogP contribution in [0.3, 0.4) is 0 Å².